The van der Waals surface area contributed by atoms with Crippen LogP contribution in [0.3, 0.4) is 0 Å². The van der Waals surface area contributed by atoms with Crippen molar-refractivity contribution in [3.8, 4) is 0 Å². The summed E-state index contributed by atoms with van der Waals surface area (Å²) in [6.07, 6.45) is 9.50. The highest BCUT2D eigenvalue weighted by molar-refractivity contribution is 5.93. The minimum Gasteiger partial charge on any atom is -0.300 e. The molecule has 0 aliphatic carbocycles. The molecule has 206 valence electrons. The minimum absolute atomic E-state index is 0.00150. The Morgan fingerprint density at radius 3 is 1.71 bits per heavy atom. The fourth-order valence-corrected chi connectivity index (χ4v) is 6.48. The van der Waals surface area contributed by atoms with Crippen LogP contribution in [0.1, 0.15) is 148 Å². The second-order valence-corrected chi connectivity index (χ2v) is 15.6. The summed E-state index contributed by atoms with van der Waals surface area (Å²) < 4.78 is 0. The number of hydrogen-bond donors (Lipinski definition) is 1. The highest BCUT2D eigenvalue weighted by Crippen LogP contribution is 2.43. The zero-order chi connectivity index (χ0) is 27.5. The average molecular weight is 493 g/mol. The van der Waals surface area contributed by atoms with Crippen molar-refractivity contribution >= 4 is 11.6 Å². The highest BCUT2D eigenvalue weighted by Gasteiger charge is 2.52. The molecule has 4 heteroatoms. The van der Waals surface area contributed by atoms with Gasteiger partial charge in [-0.15, -0.1) is 0 Å². The van der Waals surface area contributed by atoms with E-state index >= 15 is 0 Å². The largest absolute Gasteiger partial charge is 0.300 e. The van der Waals surface area contributed by atoms with Gasteiger partial charge in [-0.2, -0.15) is 0 Å². The van der Waals surface area contributed by atoms with Crippen LogP contribution in [0.15, 0.2) is 0 Å². The van der Waals surface area contributed by atoms with Crippen LogP contribution in [0.5, 0.6) is 0 Å². The molecule has 0 radical (unpaired) electrons. The van der Waals surface area contributed by atoms with Crippen molar-refractivity contribution in [2.75, 3.05) is 6.54 Å². The van der Waals surface area contributed by atoms with E-state index in [0.29, 0.717) is 11.6 Å². The van der Waals surface area contributed by atoms with Crippen LogP contribution in [0, 0.1) is 10.8 Å². The summed E-state index contributed by atoms with van der Waals surface area (Å²) in [5.74, 6) is 0.716. The molecular weight excluding hydrogens is 432 g/mol. The van der Waals surface area contributed by atoms with Gasteiger partial charge in [0.25, 0.3) is 0 Å². The van der Waals surface area contributed by atoms with E-state index in [9.17, 15) is 9.59 Å². The Kier molecular flexibility index (Phi) is 10.5. The Labute approximate surface area is 218 Å². The topological polar surface area (TPSA) is 49.4 Å². The lowest BCUT2D eigenvalue weighted by atomic mass is 9.73. The molecule has 1 fully saturated rings. The predicted molar refractivity (Wildman–Crippen MR) is 151 cm³/mol. The maximum atomic E-state index is 13.7. The van der Waals surface area contributed by atoms with Crippen LogP contribution in [0.4, 0.5) is 0 Å². The van der Waals surface area contributed by atoms with Crippen molar-refractivity contribution in [2.24, 2.45) is 10.8 Å². The molecule has 0 aromatic heterocycles. The standard InChI is InChI=1S/C31H60N2O2/c1-26(2,3)24(34)30(13,32-28(7,8)9)20-17-15-14-16-18-21-31(25(35)27(4,5)6)22-19-23-33(31)29(10,11)12/h32H,14-23H2,1-13H3/t30-,31-/m0/s1. The van der Waals surface area contributed by atoms with Gasteiger partial charge in [0.1, 0.15) is 0 Å². The monoisotopic (exact) mass is 492 g/mol. The van der Waals surface area contributed by atoms with Gasteiger partial charge >= 0.3 is 0 Å². The van der Waals surface area contributed by atoms with E-state index in [2.05, 4.69) is 79.5 Å². The summed E-state index contributed by atoms with van der Waals surface area (Å²) in [6, 6.07) is 0. The molecule has 0 unspecified atom stereocenters. The SMILES string of the molecule is CC(C)(C)N[C@@](C)(CCCCCCC[C@@]1(C(=O)C(C)(C)C)CCCN1C(C)(C)C)C(=O)C(C)(C)C. The molecule has 4 nitrogen and oxygen atoms in total. The second-order valence-electron chi connectivity index (χ2n) is 15.6. The summed E-state index contributed by atoms with van der Waals surface area (Å²) in [7, 11) is 0. The Bertz CT molecular complexity index is 714. The maximum Gasteiger partial charge on any atom is 0.158 e. The molecule has 1 aliphatic rings. The molecule has 35 heavy (non-hydrogen) atoms. The molecule has 0 spiro atoms. The van der Waals surface area contributed by atoms with Gasteiger partial charge in [-0.1, -0.05) is 73.6 Å². The first-order chi connectivity index (χ1) is 15.6. The summed E-state index contributed by atoms with van der Waals surface area (Å²) in [6.45, 7) is 28.6. The lowest BCUT2D eigenvalue weighted by Crippen LogP contribution is -2.60. The summed E-state index contributed by atoms with van der Waals surface area (Å²) >= 11 is 0. The van der Waals surface area contributed by atoms with E-state index < -0.39 is 5.54 Å². The molecule has 0 saturated carbocycles. The van der Waals surface area contributed by atoms with E-state index in [1.54, 1.807) is 0 Å². The van der Waals surface area contributed by atoms with Gasteiger partial charge in [-0.05, 0) is 80.7 Å². The smallest absolute Gasteiger partial charge is 0.158 e. The van der Waals surface area contributed by atoms with Gasteiger partial charge in [0, 0.05) is 21.9 Å². The number of nitrogens with zero attached hydrogens (tertiary/aromatic N) is 1. The number of Topliss-reactive ketones (excluding diaryl/α,β-unsaturated/α-hetero) is 2. The number of likely N-dealkylation sites (tertiary alicyclic amines) is 1. The summed E-state index contributed by atoms with van der Waals surface area (Å²) in [5, 5.41) is 3.64. The number of ketones is 2. The number of hydrogen-bond acceptors (Lipinski definition) is 4. The van der Waals surface area contributed by atoms with Gasteiger partial charge in [-0.25, -0.2) is 0 Å². The van der Waals surface area contributed by atoms with Crippen LogP contribution in [0.2, 0.25) is 0 Å². The summed E-state index contributed by atoms with van der Waals surface area (Å²) in [4.78, 5) is 29.5. The maximum absolute atomic E-state index is 13.7. The van der Waals surface area contributed by atoms with Gasteiger partial charge in [0.15, 0.2) is 11.6 Å². The quantitative estimate of drug-likeness (QED) is 0.300. The second kappa shape index (κ2) is 11.3. The van der Waals surface area contributed by atoms with Gasteiger partial charge in [0.2, 0.25) is 0 Å². The van der Waals surface area contributed by atoms with Crippen molar-refractivity contribution < 1.29 is 9.59 Å². The van der Waals surface area contributed by atoms with Crippen LogP contribution >= 0.6 is 0 Å². The third-order valence-electron chi connectivity index (χ3n) is 7.50. The Balaban J connectivity index is 2.73. The third kappa shape index (κ3) is 8.95. The molecule has 1 heterocycles. The molecule has 0 aromatic carbocycles. The minimum atomic E-state index is -0.503. The van der Waals surface area contributed by atoms with E-state index in [1.807, 2.05) is 20.8 Å². The van der Waals surface area contributed by atoms with E-state index in [0.717, 1.165) is 64.3 Å². The fourth-order valence-electron chi connectivity index (χ4n) is 6.48. The number of nitrogens with one attached hydrogen (secondary N) is 1. The van der Waals surface area contributed by atoms with Gasteiger partial charge in [0.05, 0.1) is 11.1 Å². The first-order valence-corrected chi connectivity index (χ1v) is 14.2. The molecule has 0 bridgehead atoms. The van der Waals surface area contributed by atoms with Crippen LogP contribution in [-0.2, 0) is 9.59 Å². The average Bonchev–Trinajstić information content (AvgIpc) is 3.08. The van der Waals surface area contributed by atoms with Crippen molar-refractivity contribution in [1.29, 1.82) is 0 Å². The molecule has 2 atom stereocenters. The molecule has 1 N–H and O–H groups in total. The zero-order valence-corrected chi connectivity index (χ0v) is 25.8. The van der Waals surface area contributed by atoms with Crippen molar-refractivity contribution in [3.63, 3.8) is 0 Å². The van der Waals surface area contributed by atoms with Crippen molar-refractivity contribution in [1.82, 2.24) is 10.2 Å². The first kappa shape index (κ1) is 32.3. The van der Waals surface area contributed by atoms with Crippen molar-refractivity contribution in [2.45, 2.75) is 170 Å². The molecular formula is C31H60N2O2. The zero-order valence-electron chi connectivity index (χ0n) is 25.8. The Morgan fingerprint density at radius 2 is 1.26 bits per heavy atom. The van der Waals surface area contributed by atoms with Crippen LogP contribution < -0.4 is 5.32 Å². The molecule has 0 aromatic rings. The number of rotatable bonds is 11. The van der Waals surface area contributed by atoms with Crippen LogP contribution in [0.25, 0.3) is 0 Å². The number of unbranched alkanes of at least 4 members (excludes halogenated alkanes) is 4. The summed E-state index contributed by atoms with van der Waals surface area (Å²) in [5.41, 5.74) is -1.61. The first-order valence-electron chi connectivity index (χ1n) is 14.2. The molecule has 1 aliphatic heterocycles. The van der Waals surface area contributed by atoms with Crippen molar-refractivity contribution in [3.05, 3.63) is 0 Å². The Morgan fingerprint density at radius 1 is 0.743 bits per heavy atom. The third-order valence-corrected chi connectivity index (χ3v) is 7.50. The lowest BCUT2D eigenvalue weighted by molar-refractivity contribution is -0.141. The molecule has 0 amide bonds. The van der Waals surface area contributed by atoms with Gasteiger partial charge < -0.3 is 5.32 Å². The van der Waals surface area contributed by atoms with E-state index in [-0.39, 0.29) is 27.4 Å². The molecule has 1 rings (SSSR count). The normalized spacial score (nSPS) is 22.3. The number of carbonyl (C=O) groups excluding carboxylic acids is 2. The Hall–Kier alpha value is -0.740. The number of carbonyl (C=O) groups is 2. The molecule has 1 saturated heterocycles. The van der Waals surface area contributed by atoms with E-state index in [1.165, 1.54) is 0 Å². The van der Waals surface area contributed by atoms with E-state index in [4.69, 9.17) is 0 Å². The van der Waals surface area contributed by atoms with Gasteiger partial charge in [-0.3, -0.25) is 14.5 Å². The predicted octanol–water partition coefficient (Wildman–Crippen LogP) is 7.73. The fraction of sp³-hybridized carbons (Fsp3) is 0.935. The highest BCUT2D eigenvalue weighted by atomic mass is 16.1. The van der Waals surface area contributed by atoms with Crippen LogP contribution in [-0.4, -0.2) is 45.2 Å². The lowest BCUT2D eigenvalue weighted by Gasteiger charge is -2.48.